The summed E-state index contributed by atoms with van der Waals surface area (Å²) in [5, 5.41) is 9.23. The molecule has 0 N–H and O–H groups in total. The Labute approximate surface area is 138 Å². The van der Waals surface area contributed by atoms with Gasteiger partial charge in [0.05, 0.1) is 21.8 Å². The molecule has 1 aliphatic heterocycles. The Morgan fingerprint density at radius 1 is 1.17 bits per heavy atom. The van der Waals surface area contributed by atoms with E-state index in [1.807, 2.05) is 47.8 Å². The van der Waals surface area contributed by atoms with Gasteiger partial charge in [-0.25, -0.2) is 5.01 Å². The summed E-state index contributed by atoms with van der Waals surface area (Å²) in [4.78, 5) is 17.9. The van der Waals surface area contributed by atoms with Gasteiger partial charge >= 0.3 is 0 Å². The molecule has 0 fully saturated rings. The van der Waals surface area contributed by atoms with Crippen LogP contribution in [0.25, 0.3) is 10.9 Å². The van der Waals surface area contributed by atoms with Gasteiger partial charge in [-0.15, -0.1) is 11.3 Å². The molecule has 114 valence electrons. The van der Waals surface area contributed by atoms with E-state index in [-0.39, 0.29) is 11.9 Å². The molecular weight excluding hydrogens is 306 g/mol. The quantitative estimate of drug-likeness (QED) is 0.716. The zero-order valence-electron chi connectivity index (χ0n) is 12.6. The van der Waals surface area contributed by atoms with Gasteiger partial charge in [-0.3, -0.25) is 9.78 Å². The highest BCUT2D eigenvalue weighted by Crippen LogP contribution is 2.33. The molecule has 0 saturated heterocycles. The van der Waals surface area contributed by atoms with E-state index in [2.05, 4.69) is 11.2 Å². The number of thiophene rings is 1. The van der Waals surface area contributed by atoms with E-state index in [9.17, 15) is 4.79 Å². The maximum absolute atomic E-state index is 12.0. The van der Waals surface area contributed by atoms with Crippen LogP contribution in [-0.2, 0) is 4.79 Å². The maximum Gasteiger partial charge on any atom is 0.240 e. The molecule has 23 heavy (non-hydrogen) atoms. The predicted molar refractivity (Wildman–Crippen MR) is 92.5 cm³/mol. The fourth-order valence-electron chi connectivity index (χ4n) is 2.89. The van der Waals surface area contributed by atoms with Crippen molar-refractivity contribution in [2.24, 2.45) is 5.10 Å². The summed E-state index contributed by atoms with van der Waals surface area (Å²) in [6.45, 7) is 1.55. The topological polar surface area (TPSA) is 45.6 Å². The Balaban J connectivity index is 1.73. The number of nitrogens with zero attached hydrogens (tertiary/aromatic N) is 3. The molecule has 0 aliphatic carbocycles. The van der Waals surface area contributed by atoms with Gasteiger partial charge in [0.2, 0.25) is 5.91 Å². The molecule has 2 aromatic heterocycles. The van der Waals surface area contributed by atoms with Crippen molar-refractivity contribution < 1.29 is 4.79 Å². The average molecular weight is 321 g/mol. The smallest absolute Gasteiger partial charge is 0.240 e. The molecule has 1 unspecified atom stereocenters. The first-order chi connectivity index (χ1) is 11.2. The second kappa shape index (κ2) is 5.59. The Morgan fingerprint density at radius 2 is 2.04 bits per heavy atom. The van der Waals surface area contributed by atoms with Gasteiger partial charge in [0, 0.05) is 18.7 Å². The number of pyridine rings is 1. The van der Waals surface area contributed by atoms with Crippen LogP contribution in [0, 0.1) is 0 Å². The molecule has 0 bridgehead atoms. The lowest BCUT2D eigenvalue weighted by Crippen LogP contribution is -2.25. The number of hydrazone groups is 1. The number of hydrogen-bond acceptors (Lipinski definition) is 4. The van der Waals surface area contributed by atoms with Gasteiger partial charge < -0.3 is 0 Å². The van der Waals surface area contributed by atoms with Crippen molar-refractivity contribution in [3.8, 4) is 0 Å². The van der Waals surface area contributed by atoms with E-state index >= 15 is 0 Å². The minimum absolute atomic E-state index is 0.0588. The standard InChI is InChI=1S/C18H15N3OS/c1-12(22)21-17(11-16(20-21)18-7-4-10-23-18)15-9-8-13-5-2-3-6-14(13)19-15/h2-10,17H,11H2,1H3. The molecular formula is C18H15N3OS. The normalized spacial score (nSPS) is 17.5. The molecule has 5 heteroatoms. The van der Waals surface area contributed by atoms with E-state index in [0.717, 1.165) is 27.2 Å². The second-order valence-corrected chi connectivity index (χ2v) is 6.48. The van der Waals surface area contributed by atoms with Crippen LogP contribution in [0.4, 0.5) is 0 Å². The first-order valence-corrected chi connectivity index (χ1v) is 8.37. The van der Waals surface area contributed by atoms with Crippen molar-refractivity contribution in [1.82, 2.24) is 9.99 Å². The molecule has 0 saturated carbocycles. The van der Waals surface area contributed by atoms with E-state index in [0.29, 0.717) is 6.42 Å². The summed E-state index contributed by atoms with van der Waals surface area (Å²) in [6, 6.07) is 16.0. The van der Waals surface area contributed by atoms with Gasteiger partial charge in [-0.1, -0.05) is 30.3 Å². The van der Waals surface area contributed by atoms with Crippen molar-refractivity contribution >= 4 is 33.9 Å². The number of benzene rings is 1. The van der Waals surface area contributed by atoms with Crippen LogP contribution in [0.5, 0.6) is 0 Å². The summed E-state index contributed by atoms with van der Waals surface area (Å²) in [5.74, 6) is -0.0588. The van der Waals surface area contributed by atoms with Gasteiger partial charge in [0.1, 0.15) is 6.04 Å². The zero-order chi connectivity index (χ0) is 15.8. The summed E-state index contributed by atoms with van der Waals surface area (Å²) in [6.07, 6.45) is 0.700. The molecule has 4 nitrogen and oxygen atoms in total. The lowest BCUT2D eigenvalue weighted by molar-refractivity contribution is -0.130. The van der Waals surface area contributed by atoms with Crippen molar-refractivity contribution in [3.63, 3.8) is 0 Å². The van der Waals surface area contributed by atoms with Crippen LogP contribution in [-0.4, -0.2) is 21.6 Å². The third-order valence-electron chi connectivity index (χ3n) is 4.00. The van der Waals surface area contributed by atoms with E-state index in [1.54, 1.807) is 23.3 Å². The number of para-hydroxylation sites is 1. The zero-order valence-corrected chi connectivity index (χ0v) is 13.5. The van der Waals surface area contributed by atoms with Crippen molar-refractivity contribution in [2.45, 2.75) is 19.4 Å². The Morgan fingerprint density at radius 3 is 2.83 bits per heavy atom. The highest BCUT2D eigenvalue weighted by atomic mass is 32.1. The van der Waals surface area contributed by atoms with Crippen molar-refractivity contribution in [1.29, 1.82) is 0 Å². The second-order valence-electron chi connectivity index (χ2n) is 5.54. The average Bonchev–Trinajstić information content (AvgIpc) is 3.23. The van der Waals surface area contributed by atoms with Crippen LogP contribution >= 0.6 is 11.3 Å². The maximum atomic E-state index is 12.0. The molecule has 0 spiro atoms. The van der Waals surface area contributed by atoms with Crippen LogP contribution in [0.15, 0.2) is 59.0 Å². The first-order valence-electron chi connectivity index (χ1n) is 7.49. The third-order valence-corrected chi connectivity index (χ3v) is 4.92. The molecule has 1 aliphatic rings. The number of carbonyl (C=O) groups is 1. The number of amides is 1. The van der Waals surface area contributed by atoms with Gasteiger partial charge in [-0.05, 0) is 23.6 Å². The van der Waals surface area contributed by atoms with Crippen LogP contribution in [0.1, 0.15) is 30.0 Å². The van der Waals surface area contributed by atoms with Crippen LogP contribution in [0.3, 0.4) is 0 Å². The highest BCUT2D eigenvalue weighted by Gasteiger charge is 2.32. The fourth-order valence-corrected chi connectivity index (χ4v) is 3.61. The molecule has 3 heterocycles. The summed E-state index contributed by atoms with van der Waals surface area (Å²) in [5.41, 5.74) is 2.78. The van der Waals surface area contributed by atoms with Crippen LogP contribution < -0.4 is 0 Å². The van der Waals surface area contributed by atoms with E-state index in [1.165, 1.54) is 0 Å². The largest absolute Gasteiger partial charge is 0.273 e. The molecule has 3 aromatic rings. The van der Waals surface area contributed by atoms with E-state index in [4.69, 9.17) is 4.98 Å². The summed E-state index contributed by atoms with van der Waals surface area (Å²) >= 11 is 1.64. The number of hydrogen-bond donors (Lipinski definition) is 0. The van der Waals surface area contributed by atoms with Gasteiger partial charge in [0.25, 0.3) is 0 Å². The summed E-state index contributed by atoms with van der Waals surface area (Å²) in [7, 11) is 0. The molecule has 1 amide bonds. The Bertz CT molecular complexity index is 902. The first kappa shape index (κ1) is 14.1. The molecule has 1 aromatic carbocycles. The molecule has 1 atom stereocenters. The minimum Gasteiger partial charge on any atom is -0.273 e. The highest BCUT2D eigenvalue weighted by molar-refractivity contribution is 7.12. The van der Waals surface area contributed by atoms with Crippen molar-refractivity contribution in [3.05, 3.63) is 64.5 Å². The molecule has 4 rings (SSSR count). The van der Waals surface area contributed by atoms with Crippen molar-refractivity contribution in [2.75, 3.05) is 0 Å². The van der Waals surface area contributed by atoms with E-state index < -0.39 is 0 Å². The minimum atomic E-state index is -0.130. The third kappa shape index (κ3) is 2.53. The lowest BCUT2D eigenvalue weighted by Gasteiger charge is -2.19. The van der Waals surface area contributed by atoms with Crippen LogP contribution in [0.2, 0.25) is 0 Å². The number of fused-ring (bicyclic) bond motifs is 1. The number of aromatic nitrogens is 1. The number of carbonyl (C=O) groups excluding carboxylic acids is 1. The monoisotopic (exact) mass is 321 g/mol. The Hall–Kier alpha value is -2.53. The lowest BCUT2D eigenvalue weighted by atomic mass is 10.0. The number of rotatable bonds is 2. The SMILES string of the molecule is CC(=O)N1N=C(c2cccs2)CC1c1ccc2ccccc2n1. The Kier molecular flexibility index (Phi) is 3.42. The van der Waals surface area contributed by atoms with Gasteiger partial charge in [-0.2, -0.15) is 5.10 Å². The molecule has 0 radical (unpaired) electrons. The fraction of sp³-hybridized carbons (Fsp3) is 0.167. The summed E-state index contributed by atoms with van der Waals surface area (Å²) < 4.78 is 0. The predicted octanol–water partition coefficient (Wildman–Crippen LogP) is 3.99. The van der Waals surface area contributed by atoms with Gasteiger partial charge in [0.15, 0.2) is 0 Å².